The quantitative estimate of drug-likeness (QED) is 0.696. The maximum atomic E-state index is 3.28. The van der Waals surface area contributed by atoms with E-state index in [9.17, 15) is 0 Å². The minimum atomic E-state index is 0.648. The molecule has 0 radical (unpaired) electrons. The lowest BCUT2D eigenvalue weighted by Crippen LogP contribution is -2.22. The molecule has 0 aliphatic rings. The van der Waals surface area contributed by atoms with E-state index in [1.807, 2.05) is 7.05 Å². The van der Waals surface area contributed by atoms with Crippen LogP contribution in [0.4, 0.5) is 0 Å². The molecule has 1 rings (SSSR count). The lowest BCUT2D eigenvalue weighted by Gasteiger charge is -2.17. The maximum Gasteiger partial charge on any atom is 0.0230 e. The largest absolute Gasteiger partial charge is 0.317 e. The zero-order valence-electron chi connectivity index (χ0n) is 11.4. The van der Waals surface area contributed by atoms with Crippen molar-refractivity contribution in [3.63, 3.8) is 0 Å². The summed E-state index contributed by atoms with van der Waals surface area (Å²) >= 11 is 0. The molecule has 0 spiro atoms. The van der Waals surface area contributed by atoms with Crippen LogP contribution in [0.25, 0.3) is 0 Å². The summed E-state index contributed by atoms with van der Waals surface area (Å²) in [5, 5.41) is 3.28. The van der Waals surface area contributed by atoms with Crippen LogP contribution in [0.5, 0.6) is 0 Å². The van der Waals surface area contributed by atoms with Crippen LogP contribution in [0.2, 0.25) is 0 Å². The van der Waals surface area contributed by atoms with Crippen LogP contribution in [0.15, 0.2) is 30.3 Å². The van der Waals surface area contributed by atoms with E-state index < -0.39 is 0 Å². The highest BCUT2D eigenvalue weighted by Gasteiger charge is 2.01. The summed E-state index contributed by atoms with van der Waals surface area (Å²) in [5.74, 6) is 0. The molecule has 0 aromatic heterocycles. The lowest BCUT2D eigenvalue weighted by atomic mass is 10.1. The first-order valence-corrected chi connectivity index (χ1v) is 6.62. The van der Waals surface area contributed by atoms with Crippen molar-refractivity contribution < 1.29 is 0 Å². The minimum absolute atomic E-state index is 0.648. The third-order valence-electron chi connectivity index (χ3n) is 3.22. The van der Waals surface area contributed by atoms with E-state index >= 15 is 0 Å². The van der Waals surface area contributed by atoms with Crippen molar-refractivity contribution >= 4 is 0 Å². The molecular weight excluding hydrogens is 208 g/mol. The molecule has 2 heteroatoms. The average molecular weight is 234 g/mol. The molecular formula is C15H26N2. The molecule has 0 heterocycles. The van der Waals surface area contributed by atoms with E-state index in [1.165, 1.54) is 31.4 Å². The van der Waals surface area contributed by atoms with E-state index in [-0.39, 0.29) is 0 Å². The number of hydrogen-bond acceptors (Lipinski definition) is 2. The molecule has 0 saturated heterocycles. The van der Waals surface area contributed by atoms with Gasteiger partial charge in [-0.15, -0.1) is 0 Å². The van der Waals surface area contributed by atoms with Crippen LogP contribution < -0.4 is 5.32 Å². The predicted octanol–water partition coefficient (Wildman–Crippen LogP) is 2.90. The third kappa shape index (κ3) is 6.44. The van der Waals surface area contributed by atoms with Crippen molar-refractivity contribution in [2.45, 2.75) is 38.8 Å². The fourth-order valence-electron chi connectivity index (χ4n) is 1.95. The van der Waals surface area contributed by atoms with Crippen LogP contribution >= 0.6 is 0 Å². The molecule has 0 saturated carbocycles. The van der Waals surface area contributed by atoms with Gasteiger partial charge in [0.2, 0.25) is 0 Å². The van der Waals surface area contributed by atoms with Crippen molar-refractivity contribution in [1.82, 2.24) is 10.2 Å². The van der Waals surface area contributed by atoms with E-state index in [0.29, 0.717) is 6.04 Å². The molecule has 0 fully saturated rings. The standard InChI is InChI=1S/C15H26N2/c1-14(16-2)9-7-8-12-17(3)13-15-10-5-4-6-11-15/h4-6,10-11,14,16H,7-9,12-13H2,1-3H3. The Morgan fingerprint density at radius 1 is 1.18 bits per heavy atom. The molecule has 96 valence electrons. The summed E-state index contributed by atoms with van der Waals surface area (Å²) in [7, 11) is 4.24. The van der Waals surface area contributed by atoms with Gasteiger partial charge in [0.05, 0.1) is 0 Å². The van der Waals surface area contributed by atoms with E-state index in [4.69, 9.17) is 0 Å². The molecule has 0 bridgehead atoms. The Bertz CT molecular complexity index is 284. The summed E-state index contributed by atoms with van der Waals surface area (Å²) in [6.07, 6.45) is 3.87. The van der Waals surface area contributed by atoms with E-state index in [2.05, 4.69) is 54.5 Å². The van der Waals surface area contributed by atoms with Crippen molar-refractivity contribution in [3.8, 4) is 0 Å². The highest BCUT2D eigenvalue weighted by atomic mass is 15.1. The van der Waals surface area contributed by atoms with Gasteiger partial charge >= 0.3 is 0 Å². The Balaban J connectivity index is 2.11. The van der Waals surface area contributed by atoms with Gasteiger partial charge in [-0.3, -0.25) is 0 Å². The van der Waals surface area contributed by atoms with E-state index in [1.54, 1.807) is 0 Å². The van der Waals surface area contributed by atoms with Gasteiger partial charge in [0.15, 0.2) is 0 Å². The first-order valence-electron chi connectivity index (χ1n) is 6.62. The van der Waals surface area contributed by atoms with Crippen molar-refractivity contribution in [2.24, 2.45) is 0 Å². The normalized spacial score (nSPS) is 12.9. The average Bonchev–Trinajstić information content (AvgIpc) is 2.35. The summed E-state index contributed by atoms with van der Waals surface area (Å²) < 4.78 is 0. The molecule has 1 unspecified atom stereocenters. The Labute approximate surface area is 106 Å². The number of unbranched alkanes of at least 4 members (excludes halogenated alkanes) is 1. The van der Waals surface area contributed by atoms with Gasteiger partial charge in [0, 0.05) is 12.6 Å². The lowest BCUT2D eigenvalue weighted by molar-refractivity contribution is 0.314. The summed E-state index contributed by atoms with van der Waals surface area (Å²) in [4.78, 5) is 2.40. The Kier molecular flexibility index (Phi) is 6.90. The molecule has 1 aromatic rings. The van der Waals surface area contributed by atoms with Crippen LogP contribution in [0, 0.1) is 0 Å². The predicted molar refractivity (Wildman–Crippen MR) is 75.1 cm³/mol. The van der Waals surface area contributed by atoms with Gasteiger partial charge in [-0.2, -0.15) is 0 Å². The van der Waals surface area contributed by atoms with Crippen LogP contribution in [-0.4, -0.2) is 31.6 Å². The zero-order valence-corrected chi connectivity index (χ0v) is 11.4. The van der Waals surface area contributed by atoms with Gasteiger partial charge in [-0.25, -0.2) is 0 Å². The molecule has 1 atom stereocenters. The topological polar surface area (TPSA) is 15.3 Å². The summed E-state index contributed by atoms with van der Waals surface area (Å²) in [5.41, 5.74) is 1.40. The molecule has 2 nitrogen and oxygen atoms in total. The van der Waals surface area contributed by atoms with Crippen LogP contribution in [0.3, 0.4) is 0 Å². The molecule has 0 aliphatic heterocycles. The third-order valence-corrected chi connectivity index (χ3v) is 3.22. The number of nitrogens with zero attached hydrogens (tertiary/aromatic N) is 1. The first kappa shape index (κ1) is 14.2. The van der Waals surface area contributed by atoms with Crippen LogP contribution in [-0.2, 0) is 6.54 Å². The molecule has 1 aromatic carbocycles. The molecule has 1 N–H and O–H groups in total. The monoisotopic (exact) mass is 234 g/mol. The summed E-state index contributed by atoms with van der Waals surface area (Å²) in [6, 6.07) is 11.3. The number of nitrogens with one attached hydrogen (secondary N) is 1. The van der Waals surface area contributed by atoms with Gasteiger partial charge in [0.25, 0.3) is 0 Å². The van der Waals surface area contributed by atoms with Crippen molar-refractivity contribution in [1.29, 1.82) is 0 Å². The highest BCUT2D eigenvalue weighted by molar-refractivity contribution is 5.14. The molecule has 0 amide bonds. The summed E-state index contributed by atoms with van der Waals surface area (Å²) in [6.45, 7) is 4.49. The number of benzene rings is 1. The Morgan fingerprint density at radius 3 is 2.53 bits per heavy atom. The fourth-order valence-corrected chi connectivity index (χ4v) is 1.95. The van der Waals surface area contributed by atoms with E-state index in [0.717, 1.165) is 6.54 Å². The van der Waals surface area contributed by atoms with Crippen molar-refractivity contribution in [2.75, 3.05) is 20.6 Å². The van der Waals surface area contributed by atoms with Crippen LogP contribution in [0.1, 0.15) is 31.7 Å². The Morgan fingerprint density at radius 2 is 1.88 bits per heavy atom. The van der Waals surface area contributed by atoms with Gasteiger partial charge in [0.1, 0.15) is 0 Å². The maximum absolute atomic E-state index is 3.28. The second-order valence-corrected chi connectivity index (χ2v) is 4.91. The zero-order chi connectivity index (χ0) is 12.5. The first-order chi connectivity index (χ1) is 8.22. The van der Waals surface area contributed by atoms with Gasteiger partial charge in [-0.1, -0.05) is 36.8 Å². The highest BCUT2D eigenvalue weighted by Crippen LogP contribution is 2.05. The second-order valence-electron chi connectivity index (χ2n) is 4.91. The SMILES string of the molecule is CNC(C)CCCCN(C)Cc1ccccc1. The fraction of sp³-hybridized carbons (Fsp3) is 0.600. The smallest absolute Gasteiger partial charge is 0.0230 e. The number of rotatable bonds is 8. The Hall–Kier alpha value is -0.860. The van der Waals surface area contributed by atoms with Gasteiger partial charge in [-0.05, 0) is 46.0 Å². The number of hydrogen-bond donors (Lipinski definition) is 1. The van der Waals surface area contributed by atoms with Crippen molar-refractivity contribution in [3.05, 3.63) is 35.9 Å². The second kappa shape index (κ2) is 8.26. The van der Waals surface area contributed by atoms with Gasteiger partial charge < -0.3 is 10.2 Å². The molecule has 0 aliphatic carbocycles. The molecule has 17 heavy (non-hydrogen) atoms. The minimum Gasteiger partial charge on any atom is -0.317 e.